The highest BCUT2D eigenvalue weighted by atomic mass is 16.3. The third-order valence-electron chi connectivity index (χ3n) is 1.72. The average Bonchev–Trinajstić information content (AvgIpc) is 2.01. The number of aromatic nitrogens is 1. The van der Waals surface area contributed by atoms with Crippen molar-refractivity contribution in [1.29, 1.82) is 0 Å². The van der Waals surface area contributed by atoms with E-state index in [-0.39, 0.29) is 5.75 Å². The van der Waals surface area contributed by atoms with Gasteiger partial charge in [-0.15, -0.1) is 0 Å². The number of pyridine rings is 1. The van der Waals surface area contributed by atoms with Crippen LogP contribution < -0.4 is 5.32 Å². The lowest BCUT2D eigenvalue weighted by molar-refractivity contribution is 0.463. The Morgan fingerprint density at radius 1 is 1.50 bits per heavy atom. The number of aryl methyl sites for hydroxylation is 2. The van der Waals surface area contributed by atoms with Crippen LogP contribution in [-0.2, 0) is 0 Å². The van der Waals surface area contributed by atoms with Gasteiger partial charge in [0.1, 0.15) is 11.6 Å². The second kappa shape index (κ2) is 3.43. The van der Waals surface area contributed by atoms with Crippen molar-refractivity contribution in [2.24, 2.45) is 0 Å². The fourth-order valence-corrected chi connectivity index (χ4v) is 1.10. The van der Waals surface area contributed by atoms with Crippen LogP contribution in [0.5, 0.6) is 5.75 Å². The summed E-state index contributed by atoms with van der Waals surface area (Å²) in [5.41, 5.74) is 1.53. The summed E-state index contributed by atoms with van der Waals surface area (Å²) in [6.07, 6.45) is 0. The second-order valence-electron chi connectivity index (χ2n) is 2.79. The molecule has 1 aromatic heterocycles. The zero-order chi connectivity index (χ0) is 9.14. The molecule has 0 aliphatic rings. The van der Waals surface area contributed by atoms with Crippen LogP contribution in [0.1, 0.15) is 18.2 Å². The predicted molar refractivity (Wildman–Crippen MR) is 49.5 cm³/mol. The quantitative estimate of drug-likeness (QED) is 0.704. The highest BCUT2D eigenvalue weighted by Crippen LogP contribution is 2.21. The molecule has 3 heteroatoms. The van der Waals surface area contributed by atoms with E-state index in [0.29, 0.717) is 5.69 Å². The molecule has 1 heterocycles. The summed E-state index contributed by atoms with van der Waals surface area (Å²) in [6.45, 7) is 6.52. The van der Waals surface area contributed by atoms with Crippen LogP contribution in [0.15, 0.2) is 6.07 Å². The molecule has 0 saturated heterocycles. The van der Waals surface area contributed by atoms with Gasteiger partial charge in [0.2, 0.25) is 0 Å². The van der Waals surface area contributed by atoms with Gasteiger partial charge in [-0.3, -0.25) is 0 Å². The number of hydrogen-bond donors (Lipinski definition) is 2. The molecule has 0 aromatic carbocycles. The lowest BCUT2D eigenvalue weighted by Crippen LogP contribution is -2.00. The van der Waals surface area contributed by atoms with Gasteiger partial charge >= 0.3 is 0 Å². The molecule has 2 N–H and O–H groups in total. The molecular weight excluding hydrogens is 152 g/mol. The van der Waals surface area contributed by atoms with Gasteiger partial charge in [-0.25, -0.2) is 4.98 Å². The molecule has 1 aromatic rings. The van der Waals surface area contributed by atoms with Crippen LogP contribution >= 0.6 is 0 Å². The maximum atomic E-state index is 9.41. The smallest absolute Gasteiger partial charge is 0.139 e. The Morgan fingerprint density at radius 3 is 2.67 bits per heavy atom. The number of hydrogen-bond acceptors (Lipinski definition) is 3. The minimum absolute atomic E-state index is 0.289. The SMILES string of the molecule is CCNc1cc(C)c(O)c(C)n1. The van der Waals surface area contributed by atoms with Gasteiger partial charge < -0.3 is 10.4 Å². The van der Waals surface area contributed by atoms with E-state index in [0.717, 1.165) is 17.9 Å². The number of aromatic hydroxyl groups is 1. The summed E-state index contributed by atoms with van der Waals surface area (Å²) in [4.78, 5) is 4.16. The van der Waals surface area contributed by atoms with E-state index in [1.165, 1.54) is 0 Å². The minimum Gasteiger partial charge on any atom is -0.506 e. The van der Waals surface area contributed by atoms with E-state index < -0.39 is 0 Å². The van der Waals surface area contributed by atoms with E-state index >= 15 is 0 Å². The summed E-state index contributed by atoms with van der Waals surface area (Å²) in [5, 5.41) is 12.5. The van der Waals surface area contributed by atoms with Gasteiger partial charge in [0.25, 0.3) is 0 Å². The van der Waals surface area contributed by atoms with Gasteiger partial charge in [0, 0.05) is 6.54 Å². The Morgan fingerprint density at radius 2 is 2.17 bits per heavy atom. The maximum Gasteiger partial charge on any atom is 0.139 e. The standard InChI is InChI=1S/C9H14N2O/c1-4-10-8-5-6(2)9(12)7(3)11-8/h5,12H,4H2,1-3H3,(H,10,11). The fourth-order valence-electron chi connectivity index (χ4n) is 1.10. The molecule has 0 fully saturated rings. The Bertz CT molecular complexity index is 261. The van der Waals surface area contributed by atoms with Crippen molar-refractivity contribution in [3.8, 4) is 5.75 Å². The van der Waals surface area contributed by atoms with Gasteiger partial charge in [-0.1, -0.05) is 0 Å². The Hall–Kier alpha value is -1.25. The molecule has 0 aliphatic heterocycles. The molecule has 0 aliphatic carbocycles. The van der Waals surface area contributed by atoms with Crippen LogP contribution in [0.25, 0.3) is 0 Å². The Labute approximate surface area is 72.5 Å². The van der Waals surface area contributed by atoms with Crippen molar-refractivity contribution in [3.63, 3.8) is 0 Å². The summed E-state index contributed by atoms with van der Waals surface area (Å²) in [6, 6.07) is 1.84. The van der Waals surface area contributed by atoms with Gasteiger partial charge in [0.15, 0.2) is 0 Å². The van der Waals surface area contributed by atoms with Crippen molar-refractivity contribution in [3.05, 3.63) is 17.3 Å². The first-order valence-electron chi connectivity index (χ1n) is 4.06. The molecule has 0 atom stereocenters. The first kappa shape index (κ1) is 8.84. The van der Waals surface area contributed by atoms with Gasteiger partial charge in [0.05, 0.1) is 5.69 Å². The van der Waals surface area contributed by atoms with Crippen molar-refractivity contribution in [2.45, 2.75) is 20.8 Å². The molecule has 12 heavy (non-hydrogen) atoms. The molecule has 0 bridgehead atoms. The van der Waals surface area contributed by atoms with E-state index in [9.17, 15) is 5.11 Å². The lowest BCUT2D eigenvalue weighted by Gasteiger charge is -2.07. The molecule has 1 rings (SSSR count). The van der Waals surface area contributed by atoms with E-state index in [2.05, 4.69) is 10.3 Å². The summed E-state index contributed by atoms with van der Waals surface area (Å²) >= 11 is 0. The van der Waals surface area contributed by atoms with Crippen molar-refractivity contribution in [1.82, 2.24) is 4.98 Å². The third kappa shape index (κ3) is 1.67. The van der Waals surface area contributed by atoms with Crippen LogP contribution in [0.3, 0.4) is 0 Å². The molecular formula is C9H14N2O. The highest BCUT2D eigenvalue weighted by molar-refractivity contribution is 5.46. The maximum absolute atomic E-state index is 9.41. The average molecular weight is 166 g/mol. The molecule has 3 nitrogen and oxygen atoms in total. The first-order valence-corrected chi connectivity index (χ1v) is 4.06. The summed E-state index contributed by atoms with van der Waals surface area (Å²) < 4.78 is 0. The van der Waals surface area contributed by atoms with Crippen molar-refractivity contribution in [2.75, 3.05) is 11.9 Å². The first-order chi connectivity index (χ1) is 5.65. The number of anilines is 1. The van der Waals surface area contributed by atoms with E-state index in [4.69, 9.17) is 0 Å². The van der Waals surface area contributed by atoms with E-state index in [1.807, 2.05) is 19.9 Å². The number of nitrogens with zero attached hydrogens (tertiary/aromatic N) is 1. The molecule has 0 saturated carbocycles. The number of rotatable bonds is 2. The van der Waals surface area contributed by atoms with Crippen LogP contribution in [0.2, 0.25) is 0 Å². The molecule has 0 unspecified atom stereocenters. The fraction of sp³-hybridized carbons (Fsp3) is 0.444. The van der Waals surface area contributed by atoms with E-state index in [1.54, 1.807) is 6.92 Å². The largest absolute Gasteiger partial charge is 0.506 e. The minimum atomic E-state index is 0.289. The molecule has 66 valence electrons. The second-order valence-corrected chi connectivity index (χ2v) is 2.79. The van der Waals surface area contributed by atoms with Crippen molar-refractivity contribution < 1.29 is 5.11 Å². The Kier molecular flexibility index (Phi) is 2.53. The van der Waals surface area contributed by atoms with Crippen molar-refractivity contribution >= 4 is 5.82 Å². The highest BCUT2D eigenvalue weighted by Gasteiger charge is 2.03. The number of nitrogens with one attached hydrogen (secondary N) is 1. The van der Waals surface area contributed by atoms with Crippen LogP contribution in [0, 0.1) is 13.8 Å². The summed E-state index contributed by atoms with van der Waals surface area (Å²) in [5.74, 6) is 1.11. The Balaban J connectivity index is 3.04. The zero-order valence-corrected chi connectivity index (χ0v) is 7.68. The molecule has 0 radical (unpaired) electrons. The predicted octanol–water partition coefficient (Wildman–Crippen LogP) is 1.84. The normalized spacial score (nSPS) is 9.92. The van der Waals surface area contributed by atoms with Gasteiger partial charge in [-0.2, -0.15) is 0 Å². The van der Waals surface area contributed by atoms with Gasteiger partial charge in [-0.05, 0) is 32.4 Å². The zero-order valence-electron chi connectivity index (χ0n) is 7.68. The monoisotopic (exact) mass is 166 g/mol. The molecule has 0 spiro atoms. The third-order valence-corrected chi connectivity index (χ3v) is 1.72. The topological polar surface area (TPSA) is 45.1 Å². The van der Waals surface area contributed by atoms with Crippen LogP contribution in [-0.4, -0.2) is 16.6 Å². The molecule has 0 amide bonds. The van der Waals surface area contributed by atoms with Crippen LogP contribution in [0.4, 0.5) is 5.82 Å². The lowest BCUT2D eigenvalue weighted by atomic mass is 10.2. The summed E-state index contributed by atoms with van der Waals surface area (Å²) in [7, 11) is 0.